The molecular formula is C11H14N2O2. The van der Waals surface area contributed by atoms with Crippen molar-refractivity contribution in [2.45, 2.75) is 18.8 Å². The van der Waals surface area contributed by atoms with Crippen LogP contribution in [0.4, 0.5) is 5.82 Å². The third-order valence-electron chi connectivity index (χ3n) is 2.38. The summed E-state index contributed by atoms with van der Waals surface area (Å²) < 4.78 is 4.71. The Morgan fingerprint density at radius 2 is 2.40 bits per heavy atom. The van der Waals surface area contributed by atoms with Gasteiger partial charge in [-0.3, -0.25) is 4.79 Å². The minimum Gasteiger partial charge on any atom is -0.375 e. The quantitative estimate of drug-likeness (QED) is 0.813. The summed E-state index contributed by atoms with van der Waals surface area (Å²) in [7, 11) is 1.49. The van der Waals surface area contributed by atoms with Gasteiger partial charge in [-0.05, 0) is 30.4 Å². The number of hydrogen-bond acceptors (Lipinski definition) is 3. The van der Waals surface area contributed by atoms with Crippen molar-refractivity contribution in [1.82, 2.24) is 4.98 Å². The van der Waals surface area contributed by atoms with E-state index in [2.05, 4.69) is 10.3 Å². The average Bonchev–Trinajstić information content (AvgIpc) is 3.03. The summed E-state index contributed by atoms with van der Waals surface area (Å²) >= 11 is 0. The predicted molar refractivity (Wildman–Crippen MR) is 56.7 cm³/mol. The number of pyridine rings is 1. The number of nitrogens with one attached hydrogen (secondary N) is 1. The van der Waals surface area contributed by atoms with E-state index in [1.54, 1.807) is 0 Å². The van der Waals surface area contributed by atoms with Crippen molar-refractivity contribution in [3.8, 4) is 0 Å². The normalized spacial score (nSPS) is 15.0. The summed E-state index contributed by atoms with van der Waals surface area (Å²) in [6, 6.07) is 3.86. The second-order valence-corrected chi connectivity index (χ2v) is 3.73. The molecule has 0 unspecified atom stereocenters. The Balaban J connectivity index is 1.94. The van der Waals surface area contributed by atoms with Crippen molar-refractivity contribution in [1.29, 1.82) is 0 Å². The summed E-state index contributed by atoms with van der Waals surface area (Å²) in [6.45, 7) is 0.0616. The summed E-state index contributed by atoms with van der Waals surface area (Å²) in [4.78, 5) is 15.3. The number of ether oxygens (including phenoxy) is 1. The van der Waals surface area contributed by atoms with Gasteiger partial charge in [0.15, 0.2) is 0 Å². The number of aromatic nitrogens is 1. The molecule has 1 aromatic rings. The van der Waals surface area contributed by atoms with E-state index in [0.717, 1.165) is 0 Å². The van der Waals surface area contributed by atoms with Crippen LogP contribution in [0, 0.1) is 0 Å². The average molecular weight is 206 g/mol. The van der Waals surface area contributed by atoms with Gasteiger partial charge in [0.05, 0.1) is 0 Å². The number of amides is 1. The molecule has 1 aliphatic rings. The van der Waals surface area contributed by atoms with Crippen molar-refractivity contribution in [3.63, 3.8) is 0 Å². The number of rotatable bonds is 4. The summed E-state index contributed by atoms with van der Waals surface area (Å²) in [5, 5.41) is 2.65. The lowest BCUT2D eigenvalue weighted by Crippen LogP contribution is -2.17. The fourth-order valence-electron chi connectivity index (χ4n) is 1.45. The highest BCUT2D eigenvalue weighted by atomic mass is 16.5. The van der Waals surface area contributed by atoms with Crippen molar-refractivity contribution in [2.75, 3.05) is 19.0 Å². The zero-order chi connectivity index (χ0) is 10.7. The first kappa shape index (κ1) is 10.1. The molecule has 80 valence electrons. The molecule has 1 aliphatic carbocycles. The van der Waals surface area contributed by atoms with Gasteiger partial charge in [0, 0.05) is 13.3 Å². The van der Waals surface area contributed by atoms with Crippen LogP contribution in [0.3, 0.4) is 0 Å². The first-order valence-corrected chi connectivity index (χ1v) is 5.04. The Kier molecular flexibility index (Phi) is 2.97. The highest BCUT2D eigenvalue weighted by Gasteiger charge is 2.23. The molecule has 4 nitrogen and oxygen atoms in total. The van der Waals surface area contributed by atoms with Crippen LogP contribution in [0.15, 0.2) is 18.3 Å². The molecule has 1 fully saturated rings. The van der Waals surface area contributed by atoms with Gasteiger partial charge >= 0.3 is 0 Å². The standard InChI is InChI=1S/C11H14N2O2/c1-15-7-11(14)13-10-5-4-9(6-12-10)8-2-3-8/h4-6,8H,2-3,7H2,1H3,(H,12,13,14). The van der Waals surface area contributed by atoms with E-state index in [4.69, 9.17) is 4.74 Å². The molecular weight excluding hydrogens is 192 g/mol. The Bertz CT molecular complexity index is 344. The Morgan fingerprint density at radius 1 is 1.60 bits per heavy atom. The Morgan fingerprint density at radius 3 is 2.93 bits per heavy atom. The zero-order valence-electron chi connectivity index (χ0n) is 8.69. The van der Waals surface area contributed by atoms with Gasteiger partial charge in [-0.1, -0.05) is 6.07 Å². The molecule has 0 spiro atoms. The van der Waals surface area contributed by atoms with E-state index >= 15 is 0 Å². The molecule has 0 aromatic carbocycles. The molecule has 0 aliphatic heterocycles. The van der Waals surface area contributed by atoms with E-state index < -0.39 is 0 Å². The largest absolute Gasteiger partial charge is 0.375 e. The number of carbonyl (C=O) groups excluding carboxylic acids is 1. The van der Waals surface area contributed by atoms with Crippen molar-refractivity contribution in [3.05, 3.63) is 23.9 Å². The first-order valence-electron chi connectivity index (χ1n) is 5.04. The number of anilines is 1. The maximum absolute atomic E-state index is 11.2. The fourth-order valence-corrected chi connectivity index (χ4v) is 1.45. The zero-order valence-corrected chi connectivity index (χ0v) is 8.69. The van der Waals surface area contributed by atoms with Crippen LogP contribution in [0.1, 0.15) is 24.3 Å². The SMILES string of the molecule is COCC(=O)Nc1ccc(C2CC2)cn1. The highest BCUT2D eigenvalue weighted by Crippen LogP contribution is 2.39. The van der Waals surface area contributed by atoms with E-state index in [1.165, 1.54) is 25.5 Å². The number of methoxy groups -OCH3 is 1. The van der Waals surface area contributed by atoms with E-state index in [9.17, 15) is 4.79 Å². The molecule has 0 bridgehead atoms. The molecule has 1 saturated carbocycles. The predicted octanol–water partition coefficient (Wildman–Crippen LogP) is 1.54. The lowest BCUT2D eigenvalue weighted by molar-refractivity contribution is -0.119. The fraction of sp³-hybridized carbons (Fsp3) is 0.455. The van der Waals surface area contributed by atoms with Crippen LogP contribution in [0.2, 0.25) is 0 Å². The summed E-state index contributed by atoms with van der Waals surface area (Å²) in [5.74, 6) is 1.10. The molecule has 0 atom stereocenters. The van der Waals surface area contributed by atoms with Crippen molar-refractivity contribution < 1.29 is 9.53 Å². The lowest BCUT2D eigenvalue weighted by atomic mass is 10.2. The second-order valence-electron chi connectivity index (χ2n) is 3.73. The topological polar surface area (TPSA) is 51.2 Å². The third kappa shape index (κ3) is 2.76. The summed E-state index contributed by atoms with van der Waals surface area (Å²) in [5.41, 5.74) is 1.26. The highest BCUT2D eigenvalue weighted by molar-refractivity contribution is 5.90. The van der Waals surface area contributed by atoms with E-state index in [-0.39, 0.29) is 12.5 Å². The minimum atomic E-state index is -0.177. The van der Waals surface area contributed by atoms with Crippen LogP contribution in [0.25, 0.3) is 0 Å². The van der Waals surface area contributed by atoms with Gasteiger partial charge in [-0.15, -0.1) is 0 Å². The van der Waals surface area contributed by atoms with Crippen LogP contribution >= 0.6 is 0 Å². The van der Waals surface area contributed by atoms with Crippen molar-refractivity contribution in [2.24, 2.45) is 0 Å². The second kappa shape index (κ2) is 4.40. The first-order chi connectivity index (χ1) is 7.29. The monoisotopic (exact) mass is 206 g/mol. The van der Waals surface area contributed by atoms with Gasteiger partial charge < -0.3 is 10.1 Å². The molecule has 2 rings (SSSR count). The number of nitrogens with zero attached hydrogens (tertiary/aromatic N) is 1. The van der Waals surface area contributed by atoms with Crippen LogP contribution in [0.5, 0.6) is 0 Å². The number of hydrogen-bond donors (Lipinski definition) is 1. The van der Waals surface area contributed by atoms with Gasteiger partial charge in [0.2, 0.25) is 0 Å². The molecule has 4 heteroatoms. The van der Waals surface area contributed by atoms with E-state index in [1.807, 2.05) is 18.3 Å². The van der Waals surface area contributed by atoms with Gasteiger partial charge in [0.1, 0.15) is 12.4 Å². The van der Waals surface area contributed by atoms with Crippen LogP contribution in [-0.2, 0) is 9.53 Å². The minimum absolute atomic E-state index is 0.0616. The molecule has 1 N–H and O–H groups in total. The lowest BCUT2D eigenvalue weighted by Gasteiger charge is -2.04. The summed E-state index contributed by atoms with van der Waals surface area (Å²) in [6.07, 6.45) is 4.36. The van der Waals surface area contributed by atoms with Gasteiger partial charge in [-0.25, -0.2) is 4.98 Å². The molecule has 0 radical (unpaired) electrons. The molecule has 15 heavy (non-hydrogen) atoms. The maximum atomic E-state index is 11.2. The number of carbonyl (C=O) groups is 1. The molecule has 1 amide bonds. The van der Waals surface area contributed by atoms with Gasteiger partial charge in [-0.2, -0.15) is 0 Å². The van der Waals surface area contributed by atoms with Crippen LogP contribution < -0.4 is 5.32 Å². The van der Waals surface area contributed by atoms with Crippen molar-refractivity contribution >= 4 is 11.7 Å². The van der Waals surface area contributed by atoms with E-state index in [0.29, 0.717) is 11.7 Å². The Labute approximate surface area is 88.7 Å². The van der Waals surface area contributed by atoms with Crippen LogP contribution in [-0.4, -0.2) is 24.6 Å². The smallest absolute Gasteiger partial charge is 0.251 e. The molecule has 0 saturated heterocycles. The molecule has 1 heterocycles. The molecule has 1 aromatic heterocycles. The maximum Gasteiger partial charge on any atom is 0.251 e. The van der Waals surface area contributed by atoms with Gasteiger partial charge in [0.25, 0.3) is 5.91 Å². The Hall–Kier alpha value is -1.42. The third-order valence-corrected chi connectivity index (χ3v) is 2.38.